The van der Waals surface area contributed by atoms with E-state index in [0.29, 0.717) is 0 Å². The fourth-order valence-electron chi connectivity index (χ4n) is 6.45. The van der Waals surface area contributed by atoms with E-state index in [-0.39, 0.29) is 0 Å². The van der Waals surface area contributed by atoms with Gasteiger partial charge in [0.2, 0.25) is 0 Å². The molecule has 0 bridgehead atoms. The second-order valence-electron chi connectivity index (χ2n) is 11.5. The van der Waals surface area contributed by atoms with Gasteiger partial charge in [-0.1, -0.05) is 109 Å². The van der Waals surface area contributed by atoms with E-state index in [9.17, 15) is 0 Å². The molecule has 0 aliphatic rings. The van der Waals surface area contributed by atoms with E-state index in [2.05, 4.69) is 143 Å². The Morgan fingerprint density at radius 3 is 1.20 bits per heavy atom. The van der Waals surface area contributed by atoms with Crippen LogP contribution < -0.4 is 0 Å². The Bertz CT molecular complexity index is 2420. The summed E-state index contributed by atoms with van der Waals surface area (Å²) in [6, 6.07) is 50.9. The molecule has 0 unspecified atom stereocenters. The average Bonchev–Trinajstić information content (AvgIpc) is 3.14. The Kier molecular flexibility index (Phi) is 6.10. The van der Waals surface area contributed by atoms with Crippen LogP contribution in [-0.2, 0) is 0 Å². The maximum atomic E-state index is 5.10. The maximum absolute atomic E-state index is 5.10. The van der Waals surface area contributed by atoms with Crippen LogP contribution in [0.5, 0.6) is 0 Å². The summed E-state index contributed by atoms with van der Waals surface area (Å²) in [6.07, 6.45) is 3.66. The Hall–Kier alpha value is -6.26. The molecule has 0 saturated heterocycles. The lowest BCUT2D eigenvalue weighted by Gasteiger charge is -2.13. The monoisotopic (exact) mass is 586 g/mol. The van der Waals surface area contributed by atoms with Gasteiger partial charge in [-0.3, -0.25) is 9.97 Å². The topological polar surface area (TPSA) is 51.6 Å². The van der Waals surface area contributed by atoms with Crippen molar-refractivity contribution in [1.29, 1.82) is 0 Å². The van der Waals surface area contributed by atoms with Crippen molar-refractivity contribution in [3.63, 3.8) is 0 Å². The Labute approximate surface area is 265 Å². The fraction of sp³-hybridized carbons (Fsp3) is 0. The summed E-state index contributed by atoms with van der Waals surface area (Å²) >= 11 is 0. The van der Waals surface area contributed by atoms with E-state index in [1.165, 1.54) is 0 Å². The highest BCUT2D eigenvalue weighted by atomic mass is 14.8. The van der Waals surface area contributed by atoms with Crippen molar-refractivity contribution < 1.29 is 0 Å². The minimum Gasteiger partial charge on any atom is -0.254 e. The number of aromatic nitrogens is 4. The molecule has 4 heterocycles. The number of nitrogens with zero attached hydrogens (tertiary/aromatic N) is 4. The van der Waals surface area contributed by atoms with Crippen molar-refractivity contribution in [3.8, 4) is 44.8 Å². The van der Waals surface area contributed by atoms with Gasteiger partial charge in [0.25, 0.3) is 0 Å². The second kappa shape index (κ2) is 10.7. The normalized spacial score (nSPS) is 11.5. The largest absolute Gasteiger partial charge is 0.254 e. The van der Waals surface area contributed by atoms with Gasteiger partial charge in [-0.2, -0.15) is 0 Å². The maximum Gasteiger partial charge on any atom is 0.0972 e. The first-order valence-corrected chi connectivity index (χ1v) is 15.4. The van der Waals surface area contributed by atoms with Crippen LogP contribution in [0.2, 0.25) is 0 Å². The third kappa shape index (κ3) is 4.47. The molecule has 0 saturated carbocycles. The van der Waals surface area contributed by atoms with Crippen molar-refractivity contribution in [2.45, 2.75) is 0 Å². The predicted molar refractivity (Wildman–Crippen MR) is 189 cm³/mol. The molecule has 0 fully saturated rings. The van der Waals surface area contributed by atoms with Crippen molar-refractivity contribution >= 4 is 43.6 Å². The molecule has 46 heavy (non-hydrogen) atoms. The van der Waals surface area contributed by atoms with E-state index in [0.717, 1.165) is 88.4 Å². The third-order valence-corrected chi connectivity index (χ3v) is 8.73. The van der Waals surface area contributed by atoms with Crippen LogP contribution in [0.3, 0.4) is 0 Å². The number of rotatable bonds is 4. The molecular weight excluding hydrogens is 560 g/mol. The summed E-state index contributed by atoms with van der Waals surface area (Å²) in [5.74, 6) is 0. The van der Waals surface area contributed by atoms with Crippen molar-refractivity contribution in [3.05, 3.63) is 158 Å². The first-order chi connectivity index (χ1) is 22.8. The zero-order chi connectivity index (χ0) is 30.5. The lowest BCUT2D eigenvalue weighted by atomic mass is 9.92. The van der Waals surface area contributed by atoms with Crippen molar-refractivity contribution in [1.82, 2.24) is 19.9 Å². The first-order valence-electron chi connectivity index (χ1n) is 15.4. The minimum absolute atomic E-state index is 0.921. The van der Waals surface area contributed by atoms with Crippen molar-refractivity contribution in [2.75, 3.05) is 0 Å². The average molecular weight is 587 g/mol. The summed E-state index contributed by atoms with van der Waals surface area (Å²) in [6.45, 7) is 0. The number of benzene rings is 5. The van der Waals surface area contributed by atoms with E-state index >= 15 is 0 Å². The summed E-state index contributed by atoms with van der Waals surface area (Å²) in [4.78, 5) is 19.5. The molecular formula is C42H26N4. The number of hydrogen-bond acceptors (Lipinski definition) is 4. The van der Waals surface area contributed by atoms with Crippen LogP contribution in [0.15, 0.2) is 158 Å². The van der Waals surface area contributed by atoms with Gasteiger partial charge in [0, 0.05) is 45.1 Å². The molecule has 0 amide bonds. The quantitative estimate of drug-likeness (QED) is 0.193. The van der Waals surface area contributed by atoms with Crippen LogP contribution >= 0.6 is 0 Å². The third-order valence-electron chi connectivity index (χ3n) is 8.73. The smallest absolute Gasteiger partial charge is 0.0972 e. The van der Waals surface area contributed by atoms with E-state index in [1.54, 1.807) is 0 Å². The van der Waals surface area contributed by atoms with Gasteiger partial charge in [0.15, 0.2) is 0 Å². The molecule has 214 valence electrons. The zero-order valence-corrected chi connectivity index (χ0v) is 24.8. The SMILES string of the molecule is c1cc(-c2ccc3ccc4cccnc4c3n2)cc(-c2ccccc2-c2cccc(-c3ccc4ccc5cccnc5c4n3)c2)c1. The molecule has 9 rings (SSSR count). The number of pyridine rings is 4. The molecule has 0 aliphatic heterocycles. The standard InChI is InChI=1S/C42H26N4/c1-2-14-36(32-8-4-10-34(26-32)38-22-20-30-18-16-28-12-6-24-44-40(28)42(30)46-38)35(13-1)31-7-3-9-33(25-31)37-21-19-29-17-15-27-11-5-23-43-39(27)41(29)45-37/h1-26H. The highest BCUT2D eigenvalue weighted by Gasteiger charge is 2.12. The molecule has 0 N–H and O–H groups in total. The second-order valence-corrected chi connectivity index (χ2v) is 11.5. The van der Waals surface area contributed by atoms with Gasteiger partial charge in [-0.15, -0.1) is 0 Å². The molecule has 4 heteroatoms. The molecule has 0 atom stereocenters. The first kappa shape index (κ1) is 26.2. The number of hydrogen-bond donors (Lipinski definition) is 0. The van der Waals surface area contributed by atoms with Crippen LogP contribution in [0, 0.1) is 0 Å². The molecule has 0 aliphatic carbocycles. The van der Waals surface area contributed by atoms with Crippen LogP contribution in [0.1, 0.15) is 0 Å². The van der Waals surface area contributed by atoms with E-state index in [1.807, 2.05) is 24.5 Å². The Morgan fingerprint density at radius 2 is 0.717 bits per heavy atom. The van der Waals surface area contributed by atoms with E-state index in [4.69, 9.17) is 9.97 Å². The lowest BCUT2D eigenvalue weighted by molar-refractivity contribution is 1.37. The van der Waals surface area contributed by atoms with Gasteiger partial charge in [0.05, 0.1) is 33.5 Å². The van der Waals surface area contributed by atoms with Gasteiger partial charge < -0.3 is 0 Å². The predicted octanol–water partition coefficient (Wildman–Crippen LogP) is 10.5. The highest BCUT2D eigenvalue weighted by molar-refractivity contribution is 6.04. The molecule has 9 aromatic rings. The lowest BCUT2D eigenvalue weighted by Crippen LogP contribution is -1.91. The summed E-state index contributed by atoms with van der Waals surface area (Å²) < 4.78 is 0. The van der Waals surface area contributed by atoms with Crippen molar-refractivity contribution in [2.24, 2.45) is 0 Å². The molecule has 4 aromatic heterocycles. The molecule has 5 aromatic carbocycles. The van der Waals surface area contributed by atoms with Gasteiger partial charge in [-0.25, -0.2) is 9.97 Å². The Balaban J connectivity index is 1.12. The minimum atomic E-state index is 0.921. The van der Waals surface area contributed by atoms with E-state index < -0.39 is 0 Å². The highest BCUT2D eigenvalue weighted by Crippen LogP contribution is 2.36. The van der Waals surface area contributed by atoms with Gasteiger partial charge in [0.1, 0.15) is 0 Å². The molecule has 0 spiro atoms. The molecule has 4 nitrogen and oxygen atoms in total. The zero-order valence-electron chi connectivity index (χ0n) is 24.8. The summed E-state index contributed by atoms with van der Waals surface area (Å²) in [5.41, 5.74) is 12.3. The summed E-state index contributed by atoms with van der Waals surface area (Å²) in [7, 11) is 0. The Morgan fingerprint density at radius 1 is 0.304 bits per heavy atom. The summed E-state index contributed by atoms with van der Waals surface area (Å²) in [5, 5.41) is 4.35. The van der Waals surface area contributed by atoms with Crippen LogP contribution in [-0.4, -0.2) is 19.9 Å². The van der Waals surface area contributed by atoms with Gasteiger partial charge in [-0.05, 0) is 58.7 Å². The molecule has 0 radical (unpaired) electrons. The van der Waals surface area contributed by atoms with Gasteiger partial charge >= 0.3 is 0 Å². The van der Waals surface area contributed by atoms with Crippen LogP contribution in [0.4, 0.5) is 0 Å². The number of fused-ring (bicyclic) bond motifs is 6. The fourth-order valence-corrected chi connectivity index (χ4v) is 6.45. The van der Waals surface area contributed by atoms with Crippen LogP contribution in [0.25, 0.3) is 88.4 Å².